The lowest BCUT2D eigenvalue weighted by Crippen LogP contribution is -2.37. The van der Waals surface area contributed by atoms with Crippen LogP contribution in [0.1, 0.15) is 28.8 Å². The van der Waals surface area contributed by atoms with Crippen LogP contribution in [0.4, 0.5) is 0 Å². The molecule has 0 atom stereocenters. The Balaban J connectivity index is 1.25. The molecular weight excluding hydrogens is 410 g/mol. The summed E-state index contributed by atoms with van der Waals surface area (Å²) in [6.07, 6.45) is 7.89. The number of guanidine groups is 1. The minimum absolute atomic E-state index is 0.708. The van der Waals surface area contributed by atoms with Crippen molar-refractivity contribution in [3.8, 4) is 5.69 Å². The fraction of sp³-hybridized carbons (Fsp3) is 0.269. The molecule has 0 saturated heterocycles. The molecule has 0 saturated carbocycles. The minimum atomic E-state index is 0.708. The number of aryl methyl sites for hydroxylation is 2. The molecule has 4 rings (SSSR count). The maximum Gasteiger partial charge on any atom is 0.191 e. The van der Waals surface area contributed by atoms with Crippen molar-refractivity contribution < 1.29 is 0 Å². The molecule has 0 aliphatic rings. The van der Waals surface area contributed by atoms with Gasteiger partial charge in [-0.1, -0.05) is 42.5 Å². The van der Waals surface area contributed by atoms with E-state index in [0.29, 0.717) is 6.54 Å². The summed E-state index contributed by atoms with van der Waals surface area (Å²) in [5.41, 5.74) is 5.92. The van der Waals surface area contributed by atoms with Crippen molar-refractivity contribution in [3.63, 3.8) is 0 Å². The zero-order chi connectivity index (χ0) is 22.9. The summed E-state index contributed by atoms with van der Waals surface area (Å²) < 4.78 is 3.90. The van der Waals surface area contributed by atoms with Crippen LogP contribution in [0.3, 0.4) is 0 Å². The highest BCUT2D eigenvalue weighted by molar-refractivity contribution is 5.79. The summed E-state index contributed by atoms with van der Waals surface area (Å²) >= 11 is 0. The third kappa shape index (κ3) is 6.10. The van der Waals surface area contributed by atoms with Gasteiger partial charge in [-0.05, 0) is 54.7 Å². The average Bonchev–Trinajstić information content (AvgIpc) is 3.50. The molecule has 170 valence electrons. The largest absolute Gasteiger partial charge is 0.356 e. The zero-order valence-corrected chi connectivity index (χ0v) is 19.3. The number of aromatic nitrogens is 4. The van der Waals surface area contributed by atoms with Gasteiger partial charge in [0, 0.05) is 38.7 Å². The Morgan fingerprint density at radius 3 is 2.48 bits per heavy atom. The van der Waals surface area contributed by atoms with Crippen LogP contribution in [0.5, 0.6) is 0 Å². The van der Waals surface area contributed by atoms with Crippen LogP contribution in [0.25, 0.3) is 5.69 Å². The van der Waals surface area contributed by atoms with Crippen molar-refractivity contribution in [1.29, 1.82) is 0 Å². The second kappa shape index (κ2) is 11.1. The van der Waals surface area contributed by atoms with E-state index in [1.165, 1.54) is 16.7 Å². The van der Waals surface area contributed by atoms with Crippen molar-refractivity contribution in [1.82, 2.24) is 30.2 Å². The van der Waals surface area contributed by atoms with Crippen LogP contribution in [0.15, 0.2) is 84.2 Å². The van der Waals surface area contributed by atoms with Crippen molar-refractivity contribution in [2.75, 3.05) is 13.6 Å². The maximum atomic E-state index is 4.66. The van der Waals surface area contributed by atoms with Crippen LogP contribution >= 0.6 is 0 Å². The van der Waals surface area contributed by atoms with E-state index < -0.39 is 0 Å². The van der Waals surface area contributed by atoms with Gasteiger partial charge in [0.2, 0.25) is 0 Å². The number of benzene rings is 2. The topological polar surface area (TPSA) is 72.1 Å². The summed E-state index contributed by atoms with van der Waals surface area (Å²) in [6.45, 7) is 4.38. The van der Waals surface area contributed by atoms with E-state index in [1.807, 2.05) is 39.8 Å². The molecule has 2 heterocycles. The van der Waals surface area contributed by atoms with Crippen LogP contribution in [-0.4, -0.2) is 39.1 Å². The summed E-state index contributed by atoms with van der Waals surface area (Å²) in [5.74, 6) is 0.806. The number of para-hydroxylation sites is 1. The van der Waals surface area contributed by atoms with E-state index in [1.54, 1.807) is 13.2 Å². The molecule has 0 amide bonds. The van der Waals surface area contributed by atoms with Gasteiger partial charge in [-0.25, -0.2) is 4.68 Å². The molecule has 0 aliphatic heterocycles. The van der Waals surface area contributed by atoms with Crippen LogP contribution in [0, 0.1) is 6.92 Å². The summed E-state index contributed by atoms with van der Waals surface area (Å²) in [5, 5.41) is 15.8. The highest BCUT2D eigenvalue weighted by atomic mass is 15.3. The third-order valence-corrected chi connectivity index (χ3v) is 5.62. The number of nitrogens with one attached hydrogen (secondary N) is 2. The van der Waals surface area contributed by atoms with E-state index in [0.717, 1.165) is 43.3 Å². The highest BCUT2D eigenvalue weighted by Gasteiger charge is 2.07. The van der Waals surface area contributed by atoms with Crippen molar-refractivity contribution in [3.05, 3.63) is 102 Å². The SMILES string of the molecule is CN=C(NCCCc1cn(-c2ccccc2)nc1C)NCc1ccccc1Cn1cccn1. The molecule has 2 aromatic heterocycles. The van der Waals surface area contributed by atoms with E-state index in [-0.39, 0.29) is 0 Å². The van der Waals surface area contributed by atoms with Crippen LogP contribution < -0.4 is 10.6 Å². The molecular formula is C26H31N7. The number of hydrogen-bond donors (Lipinski definition) is 2. The van der Waals surface area contributed by atoms with E-state index in [2.05, 4.69) is 75.3 Å². The molecule has 0 bridgehead atoms. The number of rotatable bonds is 9. The molecule has 0 radical (unpaired) electrons. The summed E-state index contributed by atoms with van der Waals surface area (Å²) in [4.78, 5) is 4.37. The molecule has 4 aromatic rings. The third-order valence-electron chi connectivity index (χ3n) is 5.62. The number of aliphatic imine (C=N–C) groups is 1. The van der Waals surface area contributed by atoms with Gasteiger partial charge in [0.25, 0.3) is 0 Å². The second-order valence-corrected chi connectivity index (χ2v) is 7.95. The molecule has 2 N–H and O–H groups in total. The number of hydrogen-bond acceptors (Lipinski definition) is 3. The van der Waals surface area contributed by atoms with Gasteiger partial charge in [-0.3, -0.25) is 9.67 Å². The van der Waals surface area contributed by atoms with E-state index in [4.69, 9.17) is 0 Å². The van der Waals surface area contributed by atoms with Crippen LogP contribution in [-0.2, 0) is 19.5 Å². The van der Waals surface area contributed by atoms with Gasteiger partial charge in [0.05, 0.1) is 17.9 Å². The first-order valence-electron chi connectivity index (χ1n) is 11.3. The van der Waals surface area contributed by atoms with E-state index in [9.17, 15) is 0 Å². The minimum Gasteiger partial charge on any atom is -0.356 e. The molecule has 2 aromatic carbocycles. The number of nitrogens with zero attached hydrogens (tertiary/aromatic N) is 5. The highest BCUT2D eigenvalue weighted by Crippen LogP contribution is 2.13. The fourth-order valence-corrected chi connectivity index (χ4v) is 3.79. The van der Waals surface area contributed by atoms with Gasteiger partial charge in [-0.15, -0.1) is 0 Å². The van der Waals surface area contributed by atoms with Gasteiger partial charge >= 0.3 is 0 Å². The van der Waals surface area contributed by atoms with Gasteiger partial charge in [-0.2, -0.15) is 10.2 Å². The Bertz CT molecular complexity index is 1160. The zero-order valence-electron chi connectivity index (χ0n) is 19.3. The Labute approximate surface area is 195 Å². The van der Waals surface area contributed by atoms with E-state index >= 15 is 0 Å². The maximum absolute atomic E-state index is 4.66. The van der Waals surface area contributed by atoms with Crippen molar-refractivity contribution >= 4 is 5.96 Å². The lowest BCUT2D eigenvalue weighted by atomic mass is 10.1. The van der Waals surface area contributed by atoms with Crippen LogP contribution in [0.2, 0.25) is 0 Å². The molecule has 7 nitrogen and oxygen atoms in total. The lowest BCUT2D eigenvalue weighted by molar-refractivity contribution is 0.676. The Morgan fingerprint density at radius 2 is 1.73 bits per heavy atom. The lowest BCUT2D eigenvalue weighted by Gasteiger charge is -2.14. The molecule has 0 aliphatic carbocycles. The average molecular weight is 442 g/mol. The first-order valence-corrected chi connectivity index (χ1v) is 11.3. The quantitative estimate of drug-likeness (QED) is 0.236. The Hall–Kier alpha value is -3.87. The molecule has 0 fully saturated rings. The van der Waals surface area contributed by atoms with Crippen molar-refractivity contribution in [2.45, 2.75) is 32.9 Å². The predicted octanol–water partition coefficient (Wildman–Crippen LogP) is 3.72. The second-order valence-electron chi connectivity index (χ2n) is 7.95. The molecule has 0 unspecified atom stereocenters. The Morgan fingerprint density at radius 1 is 0.939 bits per heavy atom. The van der Waals surface area contributed by atoms with Gasteiger partial charge in [0.1, 0.15) is 0 Å². The molecule has 7 heteroatoms. The first-order chi connectivity index (χ1) is 16.2. The normalized spacial score (nSPS) is 11.5. The summed E-state index contributed by atoms with van der Waals surface area (Å²) in [6, 6.07) is 20.6. The monoisotopic (exact) mass is 441 g/mol. The predicted molar refractivity (Wildman–Crippen MR) is 133 cm³/mol. The van der Waals surface area contributed by atoms with Gasteiger partial charge in [0.15, 0.2) is 5.96 Å². The fourth-order valence-electron chi connectivity index (χ4n) is 3.79. The van der Waals surface area contributed by atoms with Crippen molar-refractivity contribution in [2.24, 2.45) is 4.99 Å². The summed E-state index contributed by atoms with van der Waals surface area (Å²) in [7, 11) is 1.80. The Kier molecular flexibility index (Phi) is 7.53. The smallest absolute Gasteiger partial charge is 0.191 e. The molecule has 33 heavy (non-hydrogen) atoms. The van der Waals surface area contributed by atoms with Gasteiger partial charge < -0.3 is 10.6 Å². The first kappa shape index (κ1) is 22.3. The standard InChI is InChI=1S/C26H31N7/c1-21-23(20-33(31-21)25-13-4-3-5-14-25)12-8-15-28-26(27-2)29-18-22-10-6-7-11-24(22)19-32-17-9-16-30-32/h3-7,9-11,13-14,16-17,20H,8,12,15,18-19H2,1-2H3,(H2,27,28,29). The molecule has 0 spiro atoms.